The number of ether oxygens (including phenoxy) is 3. The maximum absolute atomic E-state index is 11.7. The smallest absolute Gasteiger partial charge is 0.219 e. The van der Waals surface area contributed by atoms with E-state index in [2.05, 4.69) is 10.2 Å². The third kappa shape index (κ3) is 9.78. The number of carbonyl (C=O) groups excluding carboxylic acids is 1. The lowest BCUT2D eigenvalue weighted by atomic mass is 9.89. The molecule has 0 spiro atoms. The number of carbonyl (C=O) groups is 1. The van der Waals surface area contributed by atoms with E-state index in [9.17, 15) is 35.4 Å². The Morgan fingerprint density at radius 3 is 2.66 bits per heavy atom. The zero-order valence-electron chi connectivity index (χ0n) is 25.9. The average Bonchev–Trinajstić information content (AvgIpc) is 3.82. The molecular weight excluding hydrogens is 572 g/mol. The van der Waals surface area contributed by atoms with Gasteiger partial charge in [0.2, 0.25) is 5.91 Å². The largest absolute Gasteiger partial charge is 0.394 e. The molecule has 252 valence electrons. The summed E-state index contributed by atoms with van der Waals surface area (Å²) in [6.07, 6.45) is 5.89. The van der Waals surface area contributed by atoms with Crippen LogP contribution in [0.1, 0.15) is 71.1 Å². The van der Waals surface area contributed by atoms with Crippen molar-refractivity contribution >= 4 is 5.91 Å². The SMILES string of the molecule is CCNC(=O)CCC/C=C\C[C@@H]1[C@@H](/C=C/[C@@H](O)CCC2OCCCN2C2CC2)[C@H](O)C[C@@H]1O[C@H]1OC(CO)[C@@H](O)[C@H](O)C1O. The molecule has 0 radical (unpaired) electrons. The van der Waals surface area contributed by atoms with Crippen molar-refractivity contribution in [3.63, 3.8) is 0 Å². The predicted molar refractivity (Wildman–Crippen MR) is 161 cm³/mol. The van der Waals surface area contributed by atoms with Crippen LogP contribution in [0.3, 0.4) is 0 Å². The molecule has 0 aromatic heterocycles. The van der Waals surface area contributed by atoms with Gasteiger partial charge in [0, 0.05) is 44.5 Å². The van der Waals surface area contributed by atoms with Crippen molar-refractivity contribution in [3.05, 3.63) is 24.3 Å². The molecule has 2 saturated heterocycles. The fourth-order valence-corrected chi connectivity index (χ4v) is 6.67. The lowest BCUT2D eigenvalue weighted by molar-refractivity contribution is -0.313. The van der Waals surface area contributed by atoms with E-state index in [4.69, 9.17) is 14.2 Å². The van der Waals surface area contributed by atoms with Gasteiger partial charge in [-0.3, -0.25) is 9.69 Å². The minimum atomic E-state index is -1.56. The summed E-state index contributed by atoms with van der Waals surface area (Å²) in [7, 11) is 0. The topological polar surface area (TPSA) is 181 Å². The van der Waals surface area contributed by atoms with Crippen molar-refractivity contribution in [1.29, 1.82) is 0 Å². The van der Waals surface area contributed by atoms with Crippen LogP contribution in [0.5, 0.6) is 0 Å². The number of hydrogen-bond donors (Lipinski definition) is 7. The van der Waals surface area contributed by atoms with Crippen molar-refractivity contribution in [1.82, 2.24) is 10.2 Å². The summed E-state index contributed by atoms with van der Waals surface area (Å²) in [5.74, 6) is -0.576. The van der Waals surface area contributed by atoms with Crippen molar-refractivity contribution in [2.45, 2.75) is 132 Å². The van der Waals surface area contributed by atoms with Crippen molar-refractivity contribution in [2.75, 3.05) is 26.3 Å². The first-order valence-corrected chi connectivity index (χ1v) is 16.5. The average molecular weight is 627 g/mol. The summed E-state index contributed by atoms with van der Waals surface area (Å²) < 4.78 is 17.7. The Balaban J connectivity index is 1.37. The third-order valence-electron chi connectivity index (χ3n) is 9.29. The van der Waals surface area contributed by atoms with Gasteiger partial charge in [-0.1, -0.05) is 24.3 Å². The van der Waals surface area contributed by atoms with Crippen LogP contribution in [-0.4, -0.2) is 129 Å². The molecule has 12 nitrogen and oxygen atoms in total. The summed E-state index contributed by atoms with van der Waals surface area (Å²) in [6.45, 7) is 3.70. The Hall–Kier alpha value is -1.45. The van der Waals surface area contributed by atoms with Crippen LogP contribution in [0.4, 0.5) is 0 Å². The van der Waals surface area contributed by atoms with Crippen molar-refractivity contribution in [2.24, 2.45) is 11.8 Å². The molecule has 4 aliphatic rings. The van der Waals surface area contributed by atoms with E-state index in [0.29, 0.717) is 44.7 Å². The van der Waals surface area contributed by atoms with Gasteiger partial charge in [-0.25, -0.2) is 0 Å². The van der Waals surface area contributed by atoms with Gasteiger partial charge in [-0.2, -0.15) is 0 Å². The van der Waals surface area contributed by atoms with E-state index in [0.717, 1.165) is 26.0 Å². The number of amides is 1. The molecule has 0 aromatic rings. The van der Waals surface area contributed by atoms with Gasteiger partial charge in [-0.05, 0) is 64.2 Å². The molecule has 0 aromatic carbocycles. The zero-order chi connectivity index (χ0) is 31.6. The second-order valence-corrected chi connectivity index (χ2v) is 12.6. The van der Waals surface area contributed by atoms with E-state index in [1.807, 2.05) is 25.2 Å². The fraction of sp³-hybridized carbons (Fsp3) is 0.844. The third-order valence-corrected chi connectivity index (χ3v) is 9.29. The fourth-order valence-electron chi connectivity index (χ4n) is 6.67. The molecule has 2 aliphatic carbocycles. The molecule has 0 bridgehead atoms. The minimum Gasteiger partial charge on any atom is -0.394 e. The van der Waals surface area contributed by atoms with Crippen LogP contribution < -0.4 is 5.32 Å². The van der Waals surface area contributed by atoms with Crippen LogP contribution in [0.25, 0.3) is 0 Å². The van der Waals surface area contributed by atoms with Crippen LogP contribution in [-0.2, 0) is 19.0 Å². The van der Waals surface area contributed by atoms with Gasteiger partial charge in [0.25, 0.3) is 0 Å². The number of nitrogens with zero attached hydrogens (tertiary/aromatic N) is 1. The van der Waals surface area contributed by atoms with E-state index in [-0.39, 0.29) is 30.4 Å². The monoisotopic (exact) mass is 626 g/mol. The summed E-state index contributed by atoms with van der Waals surface area (Å²) in [5, 5.41) is 65.2. The minimum absolute atomic E-state index is 0.0202. The molecule has 4 rings (SSSR count). The highest BCUT2D eigenvalue weighted by Gasteiger charge is 2.48. The number of allylic oxidation sites excluding steroid dienone is 2. The van der Waals surface area contributed by atoms with Gasteiger partial charge in [0.15, 0.2) is 6.29 Å². The molecular formula is C32H54N2O10. The van der Waals surface area contributed by atoms with Gasteiger partial charge in [0.05, 0.1) is 24.9 Å². The maximum atomic E-state index is 11.7. The van der Waals surface area contributed by atoms with E-state index < -0.39 is 55.6 Å². The Bertz CT molecular complexity index is 931. The Morgan fingerprint density at radius 1 is 1.14 bits per heavy atom. The molecule has 3 unspecified atom stereocenters. The maximum Gasteiger partial charge on any atom is 0.219 e. The van der Waals surface area contributed by atoms with Gasteiger partial charge >= 0.3 is 0 Å². The lowest BCUT2D eigenvalue weighted by Crippen LogP contribution is -2.59. The molecule has 11 atom stereocenters. The van der Waals surface area contributed by atoms with Gasteiger partial charge in [-0.15, -0.1) is 0 Å². The van der Waals surface area contributed by atoms with E-state index >= 15 is 0 Å². The number of rotatable bonds is 16. The first kappa shape index (κ1) is 35.4. The summed E-state index contributed by atoms with van der Waals surface area (Å²) in [5.41, 5.74) is 0. The molecule has 44 heavy (non-hydrogen) atoms. The van der Waals surface area contributed by atoms with Crippen LogP contribution in [0, 0.1) is 11.8 Å². The number of aliphatic hydroxyl groups excluding tert-OH is 6. The molecule has 2 saturated carbocycles. The summed E-state index contributed by atoms with van der Waals surface area (Å²) in [6, 6.07) is 0.601. The Kier molecular flexibility index (Phi) is 14.1. The van der Waals surface area contributed by atoms with Crippen molar-refractivity contribution < 1.29 is 49.6 Å². The second-order valence-electron chi connectivity index (χ2n) is 12.6. The first-order valence-electron chi connectivity index (χ1n) is 16.5. The number of aliphatic hydroxyl groups is 6. The van der Waals surface area contributed by atoms with Gasteiger partial charge in [0.1, 0.15) is 30.6 Å². The van der Waals surface area contributed by atoms with Gasteiger partial charge < -0.3 is 50.2 Å². The van der Waals surface area contributed by atoms with Crippen LogP contribution in [0.15, 0.2) is 24.3 Å². The summed E-state index contributed by atoms with van der Waals surface area (Å²) in [4.78, 5) is 14.1. The Labute approximate surface area is 260 Å². The molecule has 2 aliphatic heterocycles. The first-order chi connectivity index (χ1) is 21.2. The van der Waals surface area contributed by atoms with Crippen LogP contribution in [0.2, 0.25) is 0 Å². The molecule has 4 fully saturated rings. The zero-order valence-corrected chi connectivity index (χ0v) is 25.9. The van der Waals surface area contributed by atoms with Crippen molar-refractivity contribution in [3.8, 4) is 0 Å². The summed E-state index contributed by atoms with van der Waals surface area (Å²) >= 11 is 0. The molecule has 2 heterocycles. The number of unbranched alkanes of at least 4 members (excludes halogenated alkanes) is 1. The highest BCUT2D eigenvalue weighted by atomic mass is 16.7. The quantitative estimate of drug-likeness (QED) is 0.0927. The normalized spacial score (nSPS) is 37.6. The number of nitrogens with one attached hydrogen (secondary N) is 1. The molecule has 7 N–H and O–H groups in total. The molecule has 12 heteroatoms. The second kappa shape index (κ2) is 17.5. The highest BCUT2D eigenvalue weighted by molar-refractivity contribution is 5.75. The standard InChI is InChI=1S/C32H54N2O10/c1-2-33-27(38)9-6-4-3-5-8-23-22(14-12-21(36)13-15-28-34(20-10-11-20)16-7-17-42-28)24(37)18-25(23)43-32-31(41)30(40)29(39)26(19-35)44-32/h3,5,12,14,20-26,28-32,35-37,39-41H,2,4,6-11,13,15-19H2,1H3,(H,33,38)/b5-3-,14-12+/t21-,22-,23-,24-,25+,26?,28?,29-,30+,31?,32+/m1/s1. The van der Waals surface area contributed by atoms with Crippen LogP contribution >= 0.6 is 0 Å². The van der Waals surface area contributed by atoms with E-state index in [1.165, 1.54) is 12.8 Å². The highest BCUT2D eigenvalue weighted by Crippen LogP contribution is 2.40. The van der Waals surface area contributed by atoms with E-state index in [1.54, 1.807) is 6.08 Å². The number of hydrogen-bond acceptors (Lipinski definition) is 11. The molecule has 1 amide bonds. The predicted octanol–water partition coefficient (Wildman–Crippen LogP) is 0.329. The Morgan fingerprint density at radius 2 is 1.93 bits per heavy atom. The lowest BCUT2D eigenvalue weighted by Gasteiger charge is -2.41.